The van der Waals surface area contributed by atoms with Gasteiger partial charge in [0.2, 0.25) is 0 Å². The number of aliphatic hydroxyl groups is 1. The molecule has 6 heteroatoms. The molecule has 2 unspecified atom stereocenters. The number of fused-ring (bicyclic) bond motifs is 1. The molecular weight excluding hydrogens is 396 g/mol. The fourth-order valence-electron chi connectivity index (χ4n) is 5.75. The number of pyridine rings is 1. The third kappa shape index (κ3) is 3.96. The van der Waals surface area contributed by atoms with Crippen LogP contribution in [0.3, 0.4) is 0 Å². The van der Waals surface area contributed by atoms with Gasteiger partial charge in [-0.15, -0.1) is 11.3 Å². The second-order valence-corrected chi connectivity index (χ2v) is 10.1. The maximum absolute atomic E-state index is 10.1. The van der Waals surface area contributed by atoms with E-state index in [-0.39, 0.29) is 17.1 Å². The third-order valence-corrected chi connectivity index (χ3v) is 8.34. The lowest BCUT2D eigenvalue weighted by atomic mass is 9.68. The molecule has 1 saturated heterocycles. The molecular formula is C24H32N2O3S. The average Bonchev–Trinajstić information content (AvgIpc) is 3.44. The van der Waals surface area contributed by atoms with Crippen molar-refractivity contribution in [1.82, 2.24) is 10.3 Å². The largest absolute Gasteiger partial charge is 0.386 e. The van der Waals surface area contributed by atoms with Gasteiger partial charge in [-0.25, -0.2) is 0 Å². The number of nitrogens with one attached hydrogen (secondary N) is 1. The predicted octanol–water partition coefficient (Wildman–Crippen LogP) is 4.29. The van der Waals surface area contributed by atoms with Gasteiger partial charge >= 0.3 is 0 Å². The molecule has 2 aromatic heterocycles. The minimum Gasteiger partial charge on any atom is -0.386 e. The highest BCUT2D eigenvalue weighted by atomic mass is 32.1. The smallest absolute Gasteiger partial charge is 0.105 e. The minimum atomic E-state index is -0.486. The molecule has 1 saturated carbocycles. The molecule has 30 heavy (non-hydrogen) atoms. The van der Waals surface area contributed by atoms with Gasteiger partial charge < -0.3 is 19.9 Å². The zero-order valence-corrected chi connectivity index (χ0v) is 18.3. The van der Waals surface area contributed by atoms with E-state index in [1.165, 1.54) is 31.4 Å². The Morgan fingerprint density at radius 1 is 1.20 bits per heavy atom. The maximum atomic E-state index is 10.1. The Morgan fingerprint density at radius 3 is 2.93 bits per heavy atom. The number of nitrogens with zero attached hydrogens (tertiary/aromatic N) is 1. The summed E-state index contributed by atoms with van der Waals surface area (Å²) in [7, 11) is 0. The molecule has 2 N–H and O–H groups in total. The van der Waals surface area contributed by atoms with Gasteiger partial charge in [0.15, 0.2) is 0 Å². The van der Waals surface area contributed by atoms with Crippen molar-refractivity contribution >= 4 is 11.3 Å². The van der Waals surface area contributed by atoms with Crippen molar-refractivity contribution in [2.24, 2.45) is 0 Å². The Balaban J connectivity index is 1.26. The van der Waals surface area contributed by atoms with Crippen LogP contribution in [0.5, 0.6) is 0 Å². The fourth-order valence-corrected chi connectivity index (χ4v) is 6.75. The van der Waals surface area contributed by atoms with E-state index in [9.17, 15) is 5.11 Å². The minimum absolute atomic E-state index is 0.0325. The first-order chi connectivity index (χ1) is 14.7. The van der Waals surface area contributed by atoms with Crippen LogP contribution in [0.4, 0.5) is 0 Å². The molecule has 5 rings (SSSR count). The van der Waals surface area contributed by atoms with Crippen LogP contribution < -0.4 is 5.32 Å². The molecule has 2 fully saturated rings. The van der Waals surface area contributed by atoms with Gasteiger partial charge in [0.05, 0.1) is 12.2 Å². The number of ether oxygens (including phenoxy) is 2. The van der Waals surface area contributed by atoms with Gasteiger partial charge in [0, 0.05) is 35.3 Å². The monoisotopic (exact) mass is 428 g/mol. The Labute approximate surface area is 182 Å². The molecule has 2 aromatic rings. The van der Waals surface area contributed by atoms with Crippen LogP contribution in [0.1, 0.15) is 73.3 Å². The first-order valence-electron chi connectivity index (χ1n) is 11.3. The van der Waals surface area contributed by atoms with Gasteiger partial charge in [-0.3, -0.25) is 4.98 Å². The molecule has 3 atom stereocenters. The fraction of sp³-hybridized carbons (Fsp3) is 0.625. The van der Waals surface area contributed by atoms with Crippen LogP contribution in [0.25, 0.3) is 0 Å². The summed E-state index contributed by atoms with van der Waals surface area (Å²) in [5, 5.41) is 15.8. The summed E-state index contributed by atoms with van der Waals surface area (Å²) in [6.45, 7) is 2.92. The van der Waals surface area contributed by atoms with Crippen molar-refractivity contribution in [3.63, 3.8) is 0 Å². The Bertz CT molecular complexity index is 836. The SMILES string of the molecule is OC1COC(CNCC[C@@]2(c3ccccn3)CCOC3(CCCC3)C2)c2sccc21. The Kier molecular flexibility index (Phi) is 5.95. The van der Waals surface area contributed by atoms with Crippen LogP contribution >= 0.6 is 11.3 Å². The summed E-state index contributed by atoms with van der Waals surface area (Å²) in [4.78, 5) is 5.96. The van der Waals surface area contributed by atoms with E-state index < -0.39 is 6.10 Å². The number of thiophene rings is 1. The highest BCUT2D eigenvalue weighted by Gasteiger charge is 2.48. The zero-order valence-electron chi connectivity index (χ0n) is 17.5. The van der Waals surface area contributed by atoms with Crippen molar-refractivity contribution in [3.8, 4) is 0 Å². The van der Waals surface area contributed by atoms with Gasteiger partial charge in [-0.2, -0.15) is 0 Å². The first-order valence-corrected chi connectivity index (χ1v) is 12.2. The van der Waals surface area contributed by atoms with E-state index >= 15 is 0 Å². The summed E-state index contributed by atoms with van der Waals surface area (Å²) in [6.07, 6.45) is 9.60. The lowest BCUT2D eigenvalue weighted by Crippen LogP contribution is -2.47. The van der Waals surface area contributed by atoms with Crippen LogP contribution in [0.2, 0.25) is 0 Å². The second-order valence-electron chi connectivity index (χ2n) is 9.19. The molecule has 162 valence electrons. The number of aliphatic hydroxyl groups excluding tert-OH is 1. The van der Waals surface area contributed by atoms with Gasteiger partial charge in [-0.1, -0.05) is 18.9 Å². The second kappa shape index (κ2) is 8.67. The summed E-state index contributed by atoms with van der Waals surface area (Å²) >= 11 is 1.68. The predicted molar refractivity (Wildman–Crippen MR) is 118 cm³/mol. The molecule has 0 aromatic carbocycles. The quantitative estimate of drug-likeness (QED) is 0.672. The molecule has 0 amide bonds. The molecule has 5 nitrogen and oxygen atoms in total. The van der Waals surface area contributed by atoms with Crippen molar-refractivity contribution in [2.45, 2.75) is 68.2 Å². The number of rotatable bonds is 6. The maximum Gasteiger partial charge on any atom is 0.105 e. The van der Waals surface area contributed by atoms with E-state index in [0.717, 1.165) is 49.4 Å². The summed E-state index contributed by atoms with van der Waals surface area (Å²) in [5.74, 6) is 0. The van der Waals surface area contributed by atoms with E-state index in [4.69, 9.17) is 14.5 Å². The standard InChI is InChI=1S/C24H32N2O3S/c27-19-16-28-20(22-18(19)6-14-30-22)15-25-12-9-23(21-5-1-4-11-26-21)10-13-29-24(17-23)7-2-3-8-24/h1,4-6,11,14,19-20,25,27H,2-3,7-10,12-13,15-17H2/t19?,20?,23-/m1/s1. The van der Waals surface area contributed by atoms with Crippen molar-refractivity contribution in [1.29, 1.82) is 0 Å². The lowest BCUT2D eigenvalue weighted by Gasteiger charge is -2.46. The molecule has 3 aliphatic rings. The van der Waals surface area contributed by atoms with Crippen LogP contribution in [-0.2, 0) is 14.9 Å². The summed E-state index contributed by atoms with van der Waals surface area (Å²) in [6, 6.07) is 8.36. The van der Waals surface area contributed by atoms with Crippen LogP contribution in [-0.4, -0.2) is 42.0 Å². The highest BCUT2D eigenvalue weighted by molar-refractivity contribution is 7.10. The molecule has 4 heterocycles. The van der Waals surface area contributed by atoms with Gasteiger partial charge in [0.1, 0.15) is 12.2 Å². The molecule has 0 radical (unpaired) electrons. The van der Waals surface area contributed by atoms with Crippen molar-refractivity contribution < 1.29 is 14.6 Å². The first kappa shape index (κ1) is 20.6. The summed E-state index contributed by atoms with van der Waals surface area (Å²) < 4.78 is 12.3. The van der Waals surface area contributed by atoms with Gasteiger partial charge in [-0.05, 0) is 67.8 Å². The van der Waals surface area contributed by atoms with Crippen LogP contribution in [0, 0.1) is 0 Å². The highest BCUT2D eigenvalue weighted by Crippen LogP contribution is 2.49. The normalized spacial score (nSPS) is 30.4. The van der Waals surface area contributed by atoms with Crippen molar-refractivity contribution in [2.75, 3.05) is 26.3 Å². The van der Waals surface area contributed by atoms with E-state index in [0.29, 0.717) is 6.61 Å². The van der Waals surface area contributed by atoms with Crippen LogP contribution in [0.15, 0.2) is 35.8 Å². The van der Waals surface area contributed by atoms with E-state index in [1.807, 2.05) is 18.3 Å². The summed E-state index contributed by atoms with van der Waals surface area (Å²) in [5.41, 5.74) is 2.40. The van der Waals surface area contributed by atoms with Crippen molar-refractivity contribution in [3.05, 3.63) is 52.0 Å². The number of aromatic nitrogens is 1. The third-order valence-electron chi connectivity index (χ3n) is 7.32. The molecule has 1 spiro atoms. The topological polar surface area (TPSA) is 63.6 Å². The van der Waals surface area contributed by atoms with Gasteiger partial charge in [0.25, 0.3) is 0 Å². The zero-order chi connectivity index (χ0) is 20.4. The Morgan fingerprint density at radius 2 is 2.10 bits per heavy atom. The molecule has 0 bridgehead atoms. The lowest BCUT2D eigenvalue weighted by molar-refractivity contribution is -0.104. The average molecular weight is 429 g/mol. The van der Waals surface area contributed by atoms with E-state index in [2.05, 4.69) is 22.8 Å². The molecule has 2 aliphatic heterocycles. The number of hydrogen-bond acceptors (Lipinski definition) is 6. The number of hydrogen-bond donors (Lipinski definition) is 2. The Hall–Kier alpha value is -1.31. The van der Waals surface area contributed by atoms with E-state index in [1.54, 1.807) is 11.3 Å². The molecule has 1 aliphatic carbocycles.